The molecule has 0 saturated carbocycles. The van der Waals surface area contributed by atoms with Gasteiger partial charge in [0.25, 0.3) is 0 Å². The van der Waals surface area contributed by atoms with Crippen molar-refractivity contribution in [3.8, 4) is 0 Å². The van der Waals surface area contributed by atoms with Gasteiger partial charge in [0.15, 0.2) is 0 Å². The molecule has 0 aliphatic carbocycles. The van der Waals surface area contributed by atoms with Gasteiger partial charge in [-0.05, 0) is 53.6 Å². The zero-order chi connectivity index (χ0) is 19.5. The lowest BCUT2D eigenvalue weighted by Gasteiger charge is -2.21. The van der Waals surface area contributed by atoms with Gasteiger partial charge >= 0.3 is 0 Å². The van der Waals surface area contributed by atoms with Gasteiger partial charge in [-0.15, -0.1) is 23.1 Å². The monoisotopic (exact) mass is 405 g/mol. The van der Waals surface area contributed by atoms with E-state index in [0.29, 0.717) is 0 Å². The summed E-state index contributed by atoms with van der Waals surface area (Å²) in [6.45, 7) is 4.21. The third-order valence-electron chi connectivity index (χ3n) is 5.20. The Labute approximate surface area is 174 Å². The molecule has 28 heavy (non-hydrogen) atoms. The maximum atomic E-state index is 11.8. The Morgan fingerprint density at radius 3 is 2.71 bits per heavy atom. The average molecular weight is 406 g/mol. The summed E-state index contributed by atoms with van der Waals surface area (Å²) in [5.74, 6) is 0.939. The van der Waals surface area contributed by atoms with Crippen molar-refractivity contribution in [3.05, 3.63) is 87.1 Å². The van der Waals surface area contributed by atoms with E-state index in [1.165, 1.54) is 32.4 Å². The van der Waals surface area contributed by atoms with E-state index in [1.807, 2.05) is 4.90 Å². The predicted octanol–water partition coefficient (Wildman–Crippen LogP) is 6.35. The number of carbonyl (C=O) groups excluding carboxylic acids is 1. The zero-order valence-electron chi connectivity index (χ0n) is 16.1. The molecule has 1 unspecified atom stereocenters. The molecule has 0 N–H and O–H groups in total. The fourth-order valence-corrected chi connectivity index (χ4v) is 5.90. The van der Waals surface area contributed by atoms with Crippen LogP contribution in [0.5, 0.6) is 0 Å². The number of allylic oxidation sites excluding steroid dienone is 3. The molecule has 0 spiro atoms. The third-order valence-corrected chi connectivity index (χ3v) is 7.42. The molecular formula is C24H23NOS2. The number of thioether (sulfide) groups is 1. The Kier molecular flexibility index (Phi) is 5.69. The number of amides is 1. The lowest BCUT2D eigenvalue weighted by atomic mass is 9.93. The SMILES string of the molecule is C/C=C(Cc1cccc2ccccc12)\C(=C1\SCC(C)N1C=O)c1cccs1. The molecule has 0 radical (unpaired) electrons. The van der Waals surface area contributed by atoms with Gasteiger partial charge in [-0.3, -0.25) is 4.79 Å². The average Bonchev–Trinajstić information content (AvgIpc) is 3.38. The van der Waals surface area contributed by atoms with Crippen LogP contribution >= 0.6 is 23.1 Å². The van der Waals surface area contributed by atoms with Crippen molar-refractivity contribution in [2.24, 2.45) is 0 Å². The van der Waals surface area contributed by atoms with Gasteiger partial charge in [-0.1, -0.05) is 54.6 Å². The molecule has 4 heteroatoms. The topological polar surface area (TPSA) is 20.3 Å². The van der Waals surface area contributed by atoms with Crippen LogP contribution in [0.2, 0.25) is 0 Å². The summed E-state index contributed by atoms with van der Waals surface area (Å²) < 4.78 is 0. The van der Waals surface area contributed by atoms with E-state index in [1.54, 1.807) is 23.1 Å². The molecule has 1 aliphatic rings. The van der Waals surface area contributed by atoms with Crippen molar-refractivity contribution in [2.75, 3.05) is 5.75 Å². The fraction of sp³-hybridized carbons (Fsp3) is 0.208. The third kappa shape index (κ3) is 3.54. The molecule has 4 rings (SSSR count). The van der Waals surface area contributed by atoms with Crippen LogP contribution in [0.3, 0.4) is 0 Å². The summed E-state index contributed by atoms with van der Waals surface area (Å²) in [6, 6.07) is 19.5. The molecule has 1 fully saturated rings. The number of thiophene rings is 1. The highest BCUT2D eigenvalue weighted by Crippen LogP contribution is 2.42. The van der Waals surface area contributed by atoms with Crippen LogP contribution in [-0.2, 0) is 11.2 Å². The van der Waals surface area contributed by atoms with Gasteiger partial charge in [0, 0.05) is 22.2 Å². The molecule has 2 heterocycles. The largest absolute Gasteiger partial charge is 0.305 e. The molecule has 2 nitrogen and oxygen atoms in total. The minimum absolute atomic E-state index is 0.225. The Hall–Kier alpha value is -2.30. The molecule has 0 bridgehead atoms. The van der Waals surface area contributed by atoms with Crippen LogP contribution in [0, 0.1) is 0 Å². The van der Waals surface area contributed by atoms with Crippen LogP contribution in [-0.4, -0.2) is 23.1 Å². The van der Waals surface area contributed by atoms with Crippen molar-refractivity contribution in [2.45, 2.75) is 26.3 Å². The number of benzene rings is 2. The number of nitrogens with zero attached hydrogens (tertiary/aromatic N) is 1. The second-order valence-corrected chi connectivity index (χ2v) is 8.92. The molecule has 1 saturated heterocycles. The minimum Gasteiger partial charge on any atom is -0.305 e. The summed E-state index contributed by atoms with van der Waals surface area (Å²) in [4.78, 5) is 14.9. The van der Waals surface area contributed by atoms with E-state index >= 15 is 0 Å². The molecule has 142 valence electrons. The van der Waals surface area contributed by atoms with Gasteiger partial charge in [0.05, 0.1) is 5.03 Å². The molecule has 1 aromatic heterocycles. The highest BCUT2D eigenvalue weighted by Gasteiger charge is 2.29. The quantitative estimate of drug-likeness (QED) is 0.461. The van der Waals surface area contributed by atoms with Gasteiger partial charge < -0.3 is 4.90 Å². The smallest absolute Gasteiger partial charge is 0.214 e. The second kappa shape index (κ2) is 8.38. The maximum Gasteiger partial charge on any atom is 0.214 e. The van der Waals surface area contributed by atoms with Gasteiger partial charge in [0.1, 0.15) is 0 Å². The van der Waals surface area contributed by atoms with Crippen LogP contribution in [0.1, 0.15) is 24.3 Å². The van der Waals surface area contributed by atoms with Crippen molar-refractivity contribution < 1.29 is 4.79 Å². The van der Waals surface area contributed by atoms with Crippen LogP contribution in [0.25, 0.3) is 16.3 Å². The molecule has 1 aliphatic heterocycles. The Morgan fingerprint density at radius 1 is 1.14 bits per heavy atom. The second-order valence-electron chi connectivity index (χ2n) is 6.96. The number of carbonyl (C=O) groups is 1. The van der Waals surface area contributed by atoms with E-state index in [9.17, 15) is 4.79 Å². The summed E-state index contributed by atoms with van der Waals surface area (Å²) in [5, 5.41) is 5.74. The lowest BCUT2D eigenvalue weighted by molar-refractivity contribution is -0.116. The first-order chi connectivity index (χ1) is 13.7. The summed E-state index contributed by atoms with van der Waals surface area (Å²) in [6.07, 6.45) is 4.03. The predicted molar refractivity (Wildman–Crippen MR) is 122 cm³/mol. The Bertz CT molecular complexity index is 1040. The fourth-order valence-electron chi connectivity index (χ4n) is 3.72. The van der Waals surface area contributed by atoms with Crippen molar-refractivity contribution in [3.63, 3.8) is 0 Å². The molecule has 3 aromatic rings. The standard InChI is InChI=1S/C24H23NOS2/c1-3-18(14-20-10-6-9-19-8-4-5-11-21(19)20)23(22-12-7-13-27-22)24-25(16-26)17(2)15-28-24/h3-13,16-17H,14-15H2,1-2H3/b18-3-,24-23-. The van der Waals surface area contributed by atoms with E-state index in [-0.39, 0.29) is 6.04 Å². The van der Waals surface area contributed by atoms with Gasteiger partial charge in [0.2, 0.25) is 6.41 Å². The van der Waals surface area contributed by atoms with Gasteiger partial charge in [-0.2, -0.15) is 0 Å². The maximum absolute atomic E-state index is 11.8. The first-order valence-corrected chi connectivity index (χ1v) is 11.4. The van der Waals surface area contributed by atoms with E-state index in [0.717, 1.165) is 23.6 Å². The Balaban J connectivity index is 1.83. The molecule has 1 atom stereocenters. The summed E-state index contributed by atoms with van der Waals surface area (Å²) in [5.41, 5.74) is 3.78. The molecule has 2 aromatic carbocycles. The van der Waals surface area contributed by atoms with Gasteiger partial charge in [-0.25, -0.2) is 0 Å². The lowest BCUT2D eigenvalue weighted by Crippen LogP contribution is -2.26. The highest BCUT2D eigenvalue weighted by atomic mass is 32.2. The van der Waals surface area contributed by atoms with Crippen LogP contribution < -0.4 is 0 Å². The van der Waals surface area contributed by atoms with Crippen molar-refractivity contribution in [1.82, 2.24) is 4.90 Å². The minimum atomic E-state index is 0.225. The first kappa shape index (κ1) is 19.0. The molecule has 1 amide bonds. The summed E-state index contributed by atoms with van der Waals surface area (Å²) in [7, 11) is 0. The van der Waals surface area contributed by atoms with E-state index in [4.69, 9.17) is 0 Å². The zero-order valence-corrected chi connectivity index (χ0v) is 17.7. The number of fused-ring (bicyclic) bond motifs is 1. The number of rotatable bonds is 5. The number of hydrogen-bond acceptors (Lipinski definition) is 3. The summed E-state index contributed by atoms with van der Waals surface area (Å²) >= 11 is 3.52. The normalized spacial score (nSPS) is 19.3. The van der Waals surface area contributed by atoms with Crippen molar-refractivity contribution >= 4 is 45.9 Å². The number of hydrogen-bond donors (Lipinski definition) is 0. The van der Waals surface area contributed by atoms with E-state index in [2.05, 4.69) is 79.9 Å². The Morgan fingerprint density at radius 2 is 1.96 bits per heavy atom. The highest BCUT2D eigenvalue weighted by molar-refractivity contribution is 8.03. The van der Waals surface area contributed by atoms with E-state index < -0.39 is 0 Å². The van der Waals surface area contributed by atoms with Crippen LogP contribution in [0.4, 0.5) is 0 Å². The van der Waals surface area contributed by atoms with Crippen molar-refractivity contribution in [1.29, 1.82) is 0 Å². The van der Waals surface area contributed by atoms with Crippen LogP contribution in [0.15, 0.2) is 76.7 Å². The first-order valence-electron chi connectivity index (χ1n) is 9.49. The molecular weight excluding hydrogens is 382 g/mol.